The molecule has 7 heteroatoms. The minimum Gasteiger partial charge on any atom is -0.456 e. The summed E-state index contributed by atoms with van der Waals surface area (Å²) in [7, 11) is 0. The van der Waals surface area contributed by atoms with Crippen molar-refractivity contribution in [3.05, 3.63) is 75.2 Å². The van der Waals surface area contributed by atoms with Gasteiger partial charge in [0.1, 0.15) is 12.4 Å². The third-order valence-electron chi connectivity index (χ3n) is 4.55. The summed E-state index contributed by atoms with van der Waals surface area (Å²) in [5.41, 5.74) is 1.40. The number of nitrogens with zero attached hydrogens (tertiary/aromatic N) is 1. The Hall–Kier alpha value is -2.37. The average molecular weight is 392 g/mol. The summed E-state index contributed by atoms with van der Waals surface area (Å²) in [5.74, 6) is -2.16. The minimum atomic E-state index is -0.773. The number of esters is 1. The fraction of sp³-hybridized carbons (Fsp3) is 0.158. The lowest BCUT2D eigenvalue weighted by molar-refractivity contribution is -0.136. The van der Waals surface area contributed by atoms with Gasteiger partial charge in [0.25, 0.3) is 0 Å². The molecule has 0 spiro atoms. The molecule has 1 unspecified atom stereocenters. The molecule has 4 nitrogen and oxygen atoms in total. The molecule has 2 aliphatic rings. The van der Waals surface area contributed by atoms with Gasteiger partial charge in [0, 0.05) is 33.6 Å². The molecule has 0 saturated heterocycles. The standard InChI is InChI=1S/C19H12Cl2FNO3/c20-10-4-6-11(7-5-10)23-15-9-26-19(25)18(15)12(8-16(23)24)17-13(21)2-1-3-14(17)22/h1-7,12H,8-9H2. The highest BCUT2D eigenvalue weighted by Gasteiger charge is 2.44. The molecule has 132 valence electrons. The molecular weight excluding hydrogens is 380 g/mol. The van der Waals surface area contributed by atoms with Gasteiger partial charge in [0.15, 0.2) is 0 Å². The summed E-state index contributed by atoms with van der Waals surface area (Å²) in [6.07, 6.45) is -0.0861. The molecule has 4 rings (SSSR count). The number of amides is 1. The van der Waals surface area contributed by atoms with Crippen molar-refractivity contribution in [3.8, 4) is 0 Å². The molecule has 2 aliphatic heterocycles. The highest BCUT2D eigenvalue weighted by Crippen LogP contribution is 2.44. The second-order valence-electron chi connectivity index (χ2n) is 6.03. The van der Waals surface area contributed by atoms with E-state index in [1.54, 1.807) is 24.3 Å². The number of hydrogen-bond acceptors (Lipinski definition) is 3. The number of carbonyl (C=O) groups is 2. The van der Waals surface area contributed by atoms with E-state index in [0.717, 1.165) is 0 Å². The van der Waals surface area contributed by atoms with Gasteiger partial charge in [0.2, 0.25) is 5.91 Å². The Labute approximate surface area is 158 Å². The molecule has 0 radical (unpaired) electrons. The number of halogens is 3. The number of cyclic esters (lactones) is 1. The fourth-order valence-corrected chi connectivity index (χ4v) is 3.85. The van der Waals surface area contributed by atoms with Crippen molar-refractivity contribution < 1.29 is 18.7 Å². The third-order valence-corrected chi connectivity index (χ3v) is 5.13. The van der Waals surface area contributed by atoms with Gasteiger partial charge in [0.05, 0.1) is 11.3 Å². The summed E-state index contributed by atoms with van der Waals surface area (Å²) in [6, 6.07) is 11.0. The van der Waals surface area contributed by atoms with Crippen LogP contribution in [0.15, 0.2) is 53.7 Å². The molecule has 0 bridgehead atoms. The van der Waals surface area contributed by atoms with Crippen molar-refractivity contribution in [1.29, 1.82) is 0 Å². The van der Waals surface area contributed by atoms with Crippen molar-refractivity contribution in [3.63, 3.8) is 0 Å². The zero-order chi connectivity index (χ0) is 18.4. The van der Waals surface area contributed by atoms with E-state index in [9.17, 15) is 14.0 Å². The van der Waals surface area contributed by atoms with Crippen LogP contribution in [0.25, 0.3) is 0 Å². The maximum atomic E-state index is 14.4. The van der Waals surface area contributed by atoms with Crippen molar-refractivity contribution >= 4 is 40.8 Å². The minimum absolute atomic E-state index is 0.0505. The summed E-state index contributed by atoms with van der Waals surface area (Å²) >= 11 is 12.1. The molecule has 0 N–H and O–H groups in total. The van der Waals surface area contributed by atoms with Gasteiger partial charge in [-0.1, -0.05) is 29.3 Å². The van der Waals surface area contributed by atoms with E-state index in [0.29, 0.717) is 16.4 Å². The van der Waals surface area contributed by atoms with E-state index in [1.807, 2.05) is 0 Å². The smallest absolute Gasteiger partial charge is 0.336 e. The first-order chi connectivity index (χ1) is 12.5. The second-order valence-corrected chi connectivity index (χ2v) is 6.88. The monoisotopic (exact) mass is 391 g/mol. The first kappa shape index (κ1) is 17.1. The average Bonchev–Trinajstić information content (AvgIpc) is 2.98. The van der Waals surface area contributed by atoms with Crippen LogP contribution in [0.5, 0.6) is 0 Å². The van der Waals surface area contributed by atoms with E-state index in [4.69, 9.17) is 27.9 Å². The van der Waals surface area contributed by atoms with Gasteiger partial charge in [-0.25, -0.2) is 9.18 Å². The summed E-state index contributed by atoms with van der Waals surface area (Å²) < 4.78 is 19.6. The predicted molar refractivity (Wildman–Crippen MR) is 95.7 cm³/mol. The molecule has 0 aromatic heterocycles. The molecule has 1 amide bonds. The Morgan fingerprint density at radius 3 is 2.50 bits per heavy atom. The van der Waals surface area contributed by atoms with Crippen LogP contribution in [0.3, 0.4) is 0 Å². The molecule has 2 heterocycles. The number of rotatable bonds is 2. The molecule has 0 fully saturated rings. The topological polar surface area (TPSA) is 46.6 Å². The Morgan fingerprint density at radius 1 is 1.08 bits per heavy atom. The highest BCUT2D eigenvalue weighted by molar-refractivity contribution is 6.31. The van der Waals surface area contributed by atoms with Gasteiger partial charge in [-0.2, -0.15) is 0 Å². The van der Waals surface area contributed by atoms with Crippen LogP contribution < -0.4 is 4.90 Å². The quantitative estimate of drug-likeness (QED) is 0.709. The van der Waals surface area contributed by atoms with Crippen molar-refractivity contribution in [2.45, 2.75) is 12.3 Å². The summed E-state index contributed by atoms with van der Waals surface area (Å²) in [4.78, 5) is 26.6. The normalized spacial score (nSPS) is 19.7. The molecule has 2 aromatic carbocycles. The van der Waals surface area contributed by atoms with Crippen LogP contribution in [0.4, 0.5) is 10.1 Å². The number of hydrogen-bond donors (Lipinski definition) is 0. The van der Waals surface area contributed by atoms with E-state index >= 15 is 0 Å². The maximum absolute atomic E-state index is 14.4. The fourth-order valence-electron chi connectivity index (χ4n) is 3.43. The van der Waals surface area contributed by atoms with Gasteiger partial charge in [-0.3, -0.25) is 9.69 Å². The van der Waals surface area contributed by atoms with E-state index in [2.05, 4.69) is 0 Å². The van der Waals surface area contributed by atoms with Gasteiger partial charge in [-0.15, -0.1) is 0 Å². The Morgan fingerprint density at radius 2 is 1.81 bits per heavy atom. The summed E-state index contributed by atoms with van der Waals surface area (Å²) in [5, 5.41) is 0.705. The largest absolute Gasteiger partial charge is 0.456 e. The Bertz CT molecular complexity index is 936. The highest BCUT2D eigenvalue weighted by atomic mass is 35.5. The van der Waals surface area contributed by atoms with Crippen LogP contribution in [0.1, 0.15) is 17.9 Å². The maximum Gasteiger partial charge on any atom is 0.336 e. The Balaban J connectivity index is 1.87. The predicted octanol–water partition coefficient (Wildman–Crippen LogP) is 4.46. The first-order valence-electron chi connectivity index (χ1n) is 7.90. The second kappa shape index (κ2) is 6.41. The van der Waals surface area contributed by atoms with E-state index in [1.165, 1.54) is 23.1 Å². The zero-order valence-electron chi connectivity index (χ0n) is 13.3. The molecule has 1 atom stereocenters. The van der Waals surface area contributed by atoms with Crippen molar-refractivity contribution in [1.82, 2.24) is 0 Å². The van der Waals surface area contributed by atoms with Crippen LogP contribution >= 0.6 is 23.2 Å². The number of anilines is 1. The van der Waals surface area contributed by atoms with Crippen molar-refractivity contribution in [2.75, 3.05) is 11.5 Å². The molecule has 2 aromatic rings. The number of ether oxygens (including phenoxy) is 1. The van der Waals surface area contributed by atoms with Crippen LogP contribution in [-0.2, 0) is 14.3 Å². The van der Waals surface area contributed by atoms with Gasteiger partial charge in [-0.05, 0) is 36.4 Å². The molecule has 0 saturated carbocycles. The van der Waals surface area contributed by atoms with Gasteiger partial charge < -0.3 is 4.74 Å². The number of benzene rings is 2. The molecule has 0 aliphatic carbocycles. The van der Waals surface area contributed by atoms with Crippen LogP contribution in [0, 0.1) is 5.82 Å². The molecule has 26 heavy (non-hydrogen) atoms. The van der Waals surface area contributed by atoms with Gasteiger partial charge >= 0.3 is 5.97 Å². The first-order valence-corrected chi connectivity index (χ1v) is 8.65. The Kier molecular flexibility index (Phi) is 4.21. The zero-order valence-corrected chi connectivity index (χ0v) is 14.9. The van der Waals surface area contributed by atoms with E-state index in [-0.39, 0.29) is 35.1 Å². The van der Waals surface area contributed by atoms with Crippen LogP contribution in [-0.4, -0.2) is 18.5 Å². The third kappa shape index (κ3) is 2.68. The van der Waals surface area contributed by atoms with E-state index < -0.39 is 17.7 Å². The lowest BCUT2D eigenvalue weighted by Gasteiger charge is -2.32. The van der Waals surface area contributed by atoms with Crippen LogP contribution in [0.2, 0.25) is 10.0 Å². The molecular formula is C19H12Cl2FNO3. The lowest BCUT2D eigenvalue weighted by atomic mass is 9.83. The van der Waals surface area contributed by atoms with Crippen molar-refractivity contribution in [2.24, 2.45) is 0 Å². The SMILES string of the molecule is O=C1OCC2=C1C(c1c(F)cccc1Cl)CC(=O)N2c1ccc(Cl)cc1. The summed E-state index contributed by atoms with van der Waals surface area (Å²) in [6.45, 7) is -0.0505. The lowest BCUT2D eigenvalue weighted by Crippen LogP contribution is -2.37. The number of carbonyl (C=O) groups excluding carboxylic acids is 2.